The number of aromatic nitrogens is 1. The summed E-state index contributed by atoms with van der Waals surface area (Å²) in [5, 5.41) is 9.69. The van der Waals surface area contributed by atoms with E-state index in [0.29, 0.717) is 18.5 Å². The molecule has 0 bridgehead atoms. The van der Waals surface area contributed by atoms with Gasteiger partial charge in [-0.3, -0.25) is 0 Å². The zero-order valence-corrected chi connectivity index (χ0v) is 14.8. The van der Waals surface area contributed by atoms with Gasteiger partial charge in [-0.2, -0.15) is 0 Å². The third-order valence-electron chi connectivity index (χ3n) is 3.75. The van der Waals surface area contributed by atoms with Crippen LogP contribution in [0.15, 0.2) is 5.38 Å². The molecule has 1 fully saturated rings. The second kappa shape index (κ2) is 7.42. The maximum absolute atomic E-state index is 11.7. The van der Waals surface area contributed by atoms with Gasteiger partial charge in [0.15, 0.2) is 0 Å². The average molecular weight is 325 g/mol. The molecule has 2 unspecified atom stereocenters. The number of nitrogens with one attached hydrogen (secondary N) is 2. The maximum Gasteiger partial charge on any atom is 0.407 e. The van der Waals surface area contributed by atoms with Gasteiger partial charge in [0.2, 0.25) is 0 Å². The Morgan fingerprint density at radius 3 is 2.86 bits per heavy atom. The molecule has 0 aromatic carbocycles. The van der Waals surface area contributed by atoms with Gasteiger partial charge in [-0.05, 0) is 46.5 Å². The van der Waals surface area contributed by atoms with E-state index in [1.54, 1.807) is 11.3 Å². The van der Waals surface area contributed by atoms with Crippen LogP contribution in [0.3, 0.4) is 0 Å². The Hall–Kier alpha value is -1.14. The minimum absolute atomic E-state index is 0.325. The molecular weight excluding hydrogens is 298 g/mol. The number of thiazole rings is 1. The van der Waals surface area contributed by atoms with Crippen molar-refractivity contribution in [2.75, 3.05) is 6.54 Å². The quantitative estimate of drug-likeness (QED) is 0.872. The molecule has 0 aliphatic heterocycles. The van der Waals surface area contributed by atoms with E-state index in [4.69, 9.17) is 4.74 Å². The summed E-state index contributed by atoms with van der Waals surface area (Å²) in [6, 6.07) is 0.444. The van der Waals surface area contributed by atoms with Crippen molar-refractivity contribution in [2.24, 2.45) is 5.92 Å². The third-order valence-corrected chi connectivity index (χ3v) is 4.72. The highest BCUT2D eigenvalue weighted by Gasteiger charge is 2.28. The van der Waals surface area contributed by atoms with Gasteiger partial charge in [0.25, 0.3) is 0 Å². The topological polar surface area (TPSA) is 63.2 Å². The largest absolute Gasteiger partial charge is 0.444 e. The highest BCUT2D eigenvalue weighted by atomic mass is 32.1. The van der Waals surface area contributed by atoms with Gasteiger partial charge in [-0.15, -0.1) is 11.3 Å². The van der Waals surface area contributed by atoms with Crippen molar-refractivity contribution in [3.8, 4) is 0 Å². The number of hydrogen-bond donors (Lipinski definition) is 2. The minimum atomic E-state index is -0.444. The Morgan fingerprint density at radius 1 is 1.45 bits per heavy atom. The van der Waals surface area contributed by atoms with Crippen molar-refractivity contribution < 1.29 is 9.53 Å². The molecule has 1 amide bonds. The van der Waals surface area contributed by atoms with E-state index in [9.17, 15) is 4.79 Å². The van der Waals surface area contributed by atoms with Crippen molar-refractivity contribution in [3.05, 3.63) is 16.1 Å². The normalized spacial score (nSPS) is 21.8. The van der Waals surface area contributed by atoms with Gasteiger partial charge in [0.1, 0.15) is 10.6 Å². The van der Waals surface area contributed by atoms with E-state index in [1.807, 2.05) is 27.7 Å². The number of alkyl carbamates (subject to hydrolysis) is 1. The monoisotopic (exact) mass is 325 g/mol. The fourth-order valence-electron chi connectivity index (χ4n) is 2.78. The molecule has 6 heteroatoms. The van der Waals surface area contributed by atoms with Crippen LogP contribution in [0.1, 0.15) is 50.7 Å². The Bertz CT molecular complexity index is 496. The van der Waals surface area contributed by atoms with Gasteiger partial charge < -0.3 is 15.4 Å². The summed E-state index contributed by atoms with van der Waals surface area (Å²) in [6.45, 7) is 9.13. The summed E-state index contributed by atoms with van der Waals surface area (Å²) >= 11 is 1.70. The maximum atomic E-state index is 11.7. The van der Waals surface area contributed by atoms with Crippen LogP contribution < -0.4 is 10.6 Å². The fourth-order valence-corrected chi connectivity index (χ4v) is 3.50. The molecule has 1 aliphatic rings. The van der Waals surface area contributed by atoms with E-state index in [2.05, 4.69) is 21.0 Å². The van der Waals surface area contributed by atoms with Crippen molar-refractivity contribution in [2.45, 2.75) is 65.1 Å². The van der Waals surface area contributed by atoms with Crippen LogP contribution in [0.2, 0.25) is 0 Å². The first kappa shape index (κ1) is 17.2. The van der Waals surface area contributed by atoms with Gasteiger partial charge in [-0.25, -0.2) is 9.78 Å². The minimum Gasteiger partial charge on any atom is -0.444 e. The summed E-state index contributed by atoms with van der Waals surface area (Å²) in [4.78, 5) is 16.2. The van der Waals surface area contributed by atoms with Gasteiger partial charge in [0.05, 0.1) is 0 Å². The molecule has 1 aliphatic carbocycles. The van der Waals surface area contributed by atoms with Crippen molar-refractivity contribution in [1.29, 1.82) is 0 Å². The molecule has 0 radical (unpaired) electrons. The van der Waals surface area contributed by atoms with Crippen LogP contribution in [0, 0.1) is 12.8 Å². The lowest BCUT2D eigenvalue weighted by atomic mass is 10.0. The summed E-state index contributed by atoms with van der Waals surface area (Å²) in [7, 11) is 0. The third kappa shape index (κ3) is 5.57. The van der Waals surface area contributed by atoms with Crippen LogP contribution in [0.4, 0.5) is 4.79 Å². The molecule has 2 N–H and O–H groups in total. The Balaban J connectivity index is 1.74. The van der Waals surface area contributed by atoms with E-state index in [1.165, 1.54) is 6.42 Å². The highest BCUT2D eigenvalue weighted by molar-refractivity contribution is 7.09. The highest BCUT2D eigenvalue weighted by Crippen LogP contribution is 2.25. The summed E-state index contributed by atoms with van der Waals surface area (Å²) in [6.07, 6.45) is 3.18. The first-order valence-corrected chi connectivity index (χ1v) is 8.83. The average Bonchev–Trinajstić information content (AvgIpc) is 3.00. The lowest BCUT2D eigenvalue weighted by molar-refractivity contribution is 0.0517. The Kier molecular flexibility index (Phi) is 5.81. The summed E-state index contributed by atoms with van der Waals surface area (Å²) in [5.41, 5.74) is 0.636. The number of rotatable bonds is 5. The summed E-state index contributed by atoms with van der Waals surface area (Å²) < 4.78 is 5.29. The molecule has 1 heterocycles. The standard InChI is InChI=1S/C16H27N3O2S/c1-11-10-22-14(19-11)9-17-13-7-5-6-12(13)8-18-15(20)21-16(2,3)4/h10,12-13,17H,5-9H2,1-4H3,(H,18,20). The molecular formula is C16H27N3O2S. The van der Waals surface area contributed by atoms with Gasteiger partial charge >= 0.3 is 6.09 Å². The lowest BCUT2D eigenvalue weighted by Crippen LogP contribution is -2.40. The molecule has 1 saturated carbocycles. The number of aryl methyl sites for hydroxylation is 1. The zero-order valence-electron chi connectivity index (χ0n) is 13.9. The molecule has 0 spiro atoms. The number of nitrogens with zero attached hydrogens (tertiary/aromatic N) is 1. The van der Waals surface area contributed by atoms with Crippen LogP contribution in [-0.2, 0) is 11.3 Å². The predicted octanol–water partition coefficient (Wildman–Crippen LogP) is 3.23. The number of carbonyl (C=O) groups excluding carboxylic acids is 1. The molecule has 124 valence electrons. The van der Waals surface area contributed by atoms with Crippen molar-refractivity contribution in [1.82, 2.24) is 15.6 Å². The molecule has 2 atom stereocenters. The number of amides is 1. The number of ether oxygens (including phenoxy) is 1. The molecule has 0 saturated heterocycles. The van der Waals surface area contributed by atoms with Crippen LogP contribution in [0.25, 0.3) is 0 Å². The Morgan fingerprint density at radius 2 is 2.23 bits per heavy atom. The SMILES string of the molecule is Cc1csc(CNC2CCCC2CNC(=O)OC(C)(C)C)n1. The second-order valence-electron chi connectivity index (χ2n) is 6.94. The molecule has 1 aromatic heterocycles. The van der Waals surface area contributed by atoms with E-state index >= 15 is 0 Å². The first-order chi connectivity index (χ1) is 10.3. The summed E-state index contributed by atoms with van der Waals surface area (Å²) in [5.74, 6) is 0.466. The molecule has 2 rings (SSSR count). The predicted molar refractivity (Wildman–Crippen MR) is 89.1 cm³/mol. The van der Waals surface area contributed by atoms with Crippen LogP contribution in [0.5, 0.6) is 0 Å². The van der Waals surface area contributed by atoms with Crippen molar-refractivity contribution >= 4 is 17.4 Å². The smallest absolute Gasteiger partial charge is 0.407 e. The zero-order chi connectivity index (χ0) is 16.2. The van der Waals surface area contributed by atoms with E-state index in [-0.39, 0.29) is 6.09 Å². The number of hydrogen-bond acceptors (Lipinski definition) is 5. The lowest BCUT2D eigenvalue weighted by Gasteiger charge is -2.23. The molecule has 22 heavy (non-hydrogen) atoms. The first-order valence-electron chi connectivity index (χ1n) is 7.95. The number of carbonyl (C=O) groups is 1. The second-order valence-corrected chi connectivity index (χ2v) is 7.89. The van der Waals surface area contributed by atoms with E-state index in [0.717, 1.165) is 30.1 Å². The molecule has 5 nitrogen and oxygen atoms in total. The fraction of sp³-hybridized carbons (Fsp3) is 0.750. The van der Waals surface area contributed by atoms with Crippen LogP contribution >= 0.6 is 11.3 Å². The Labute approximate surface area is 136 Å². The van der Waals surface area contributed by atoms with Crippen molar-refractivity contribution in [3.63, 3.8) is 0 Å². The van der Waals surface area contributed by atoms with E-state index < -0.39 is 5.60 Å². The van der Waals surface area contributed by atoms with Gasteiger partial charge in [-0.1, -0.05) is 6.42 Å². The van der Waals surface area contributed by atoms with Gasteiger partial charge in [0, 0.05) is 30.2 Å². The van der Waals surface area contributed by atoms with Crippen LogP contribution in [-0.4, -0.2) is 29.3 Å². The molecule has 1 aromatic rings.